The summed E-state index contributed by atoms with van der Waals surface area (Å²) in [6.07, 6.45) is 2.52. The second-order valence-electron chi connectivity index (χ2n) is 1.15. The van der Waals surface area contributed by atoms with E-state index in [1.807, 2.05) is 0 Å². The van der Waals surface area contributed by atoms with Gasteiger partial charge in [-0.3, -0.25) is 0 Å². The van der Waals surface area contributed by atoms with Gasteiger partial charge in [-0.15, -0.1) is 0 Å². The van der Waals surface area contributed by atoms with E-state index in [0.717, 1.165) is 5.88 Å². The van der Waals surface area contributed by atoms with Gasteiger partial charge in [0.1, 0.15) is 0 Å². The van der Waals surface area contributed by atoms with Crippen molar-refractivity contribution in [2.45, 2.75) is 17.3 Å². The fraction of sp³-hybridized carbons (Fsp3) is 1.00. The quantitative estimate of drug-likeness (QED) is 0.377. The summed E-state index contributed by atoms with van der Waals surface area (Å²) >= 11 is 7.03. The summed E-state index contributed by atoms with van der Waals surface area (Å²) in [4.78, 5) is 0. The number of hydrogen-bond acceptors (Lipinski definition) is 0. The van der Waals surface area contributed by atoms with E-state index in [1.165, 1.54) is 17.3 Å². The fourth-order valence-corrected chi connectivity index (χ4v) is 1.12. The summed E-state index contributed by atoms with van der Waals surface area (Å²) in [5.74, 6) is 0.842. The van der Waals surface area contributed by atoms with Gasteiger partial charge in [-0.2, -0.15) is 0 Å². The van der Waals surface area contributed by atoms with E-state index in [-0.39, 0.29) is 0 Å². The number of hydrogen-bond donors (Lipinski definition) is 0. The summed E-state index contributed by atoms with van der Waals surface area (Å²) < 4.78 is 1.36. The molecule has 0 aliphatic carbocycles. The summed E-state index contributed by atoms with van der Waals surface area (Å²) in [6, 6.07) is 0. The third kappa shape index (κ3) is 5.09. The van der Waals surface area contributed by atoms with E-state index in [2.05, 4.69) is 0 Å². The number of halogens is 1. The van der Waals surface area contributed by atoms with Gasteiger partial charge in [0.05, 0.1) is 0 Å². The van der Waals surface area contributed by atoms with Crippen LogP contribution in [-0.4, -0.2) is 28.4 Å². The van der Waals surface area contributed by atoms with E-state index in [4.69, 9.17) is 11.6 Å². The van der Waals surface area contributed by atoms with Crippen LogP contribution in [0.1, 0.15) is 12.8 Å². The van der Waals surface area contributed by atoms with Crippen molar-refractivity contribution in [2.24, 2.45) is 0 Å². The molecule has 0 spiro atoms. The number of rotatable bonds is 3. The van der Waals surface area contributed by atoms with Crippen molar-refractivity contribution in [3.63, 3.8) is 0 Å². The van der Waals surface area contributed by atoms with Crippen molar-refractivity contribution >= 4 is 34.1 Å². The van der Waals surface area contributed by atoms with E-state index in [1.54, 1.807) is 22.5 Å². The molecule has 0 saturated carbocycles. The number of alkyl halides is 1. The zero-order chi connectivity index (χ0) is 4.83. The fourth-order valence-electron chi connectivity index (χ4n) is 0.219. The molecule has 0 aromatic rings. The average Bonchev–Trinajstić information content (AvgIpc) is 1.61. The third-order valence-electron chi connectivity index (χ3n) is 0.560. The maximum absolute atomic E-state index is 5.39. The van der Waals surface area contributed by atoms with Gasteiger partial charge in [0.25, 0.3) is 0 Å². The van der Waals surface area contributed by atoms with Crippen molar-refractivity contribution in [1.82, 2.24) is 0 Å². The Bertz CT molecular complexity index is 19.5. The summed E-state index contributed by atoms with van der Waals surface area (Å²) in [7, 11) is 0. The Hall–Kier alpha value is 1.09. The molecular formula is C4H8ClSn. The molecule has 2 heteroatoms. The predicted octanol–water partition coefficient (Wildman–Crippen LogP) is 1.59. The molecule has 0 N–H and O–H groups in total. The predicted molar refractivity (Wildman–Crippen MR) is 30.5 cm³/mol. The Kier molecular flexibility index (Phi) is 7.19. The molecule has 0 fully saturated rings. The minimum atomic E-state index is 0.842. The first-order chi connectivity index (χ1) is 2.91. The van der Waals surface area contributed by atoms with Crippen molar-refractivity contribution < 1.29 is 0 Å². The van der Waals surface area contributed by atoms with Gasteiger partial charge < -0.3 is 0 Å². The van der Waals surface area contributed by atoms with Gasteiger partial charge in [-0.05, 0) is 0 Å². The van der Waals surface area contributed by atoms with Crippen LogP contribution < -0.4 is 0 Å². The second kappa shape index (κ2) is 6.09. The van der Waals surface area contributed by atoms with Gasteiger partial charge >= 0.3 is 57.3 Å². The van der Waals surface area contributed by atoms with E-state index in [9.17, 15) is 0 Å². The van der Waals surface area contributed by atoms with Gasteiger partial charge in [-0.1, -0.05) is 0 Å². The molecule has 0 bridgehead atoms. The summed E-state index contributed by atoms with van der Waals surface area (Å²) in [5, 5.41) is 0. The van der Waals surface area contributed by atoms with E-state index >= 15 is 0 Å². The molecule has 0 unspecified atom stereocenters. The van der Waals surface area contributed by atoms with Crippen molar-refractivity contribution in [3.05, 3.63) is 0 Å². The molecule has 3 radical (unpaired) electrons. The van der Waals surface area contributed by atoms with Crippen LogP contribution in [0.3, 0.4) is 0 Å². The zero-order valence-corrected chi connectivity index (χ0v) is 7.32. The van der Waals surface area contributed by atoms with Crippen LogP contribution in [0.4, 0.5) is 0 Å². The summed E-state index contributed by atoms with van der Waals surface area (Å²) in [6.45, 7) is 0. The van der Waals surface area contributed by atoms with Crippen LogP contribution in [0.25, 0.3) is 0 Å². The third-order valence-corrected chi connectivity index (χ3v) is 1.84. The van der Waals surface area contributed by atoms with E-state index < -0.39 is 0 Å². The normalized spacial score (nSPS) is 9.00. The molecule has 0 amide bonds. The SMILES string of the molecule is ClCCC[CH2][Sn]. The van der Waals surface area contributed by atoms with Crippen molar-refractivity contribution in [2.75, 3.05) is 5.88 Å². The molecule has 0 heterocycles. The molecule has 6 heavy (non-hydrogen) atoms. The molecule has 0 nitrogen and oxygen atoms in total. The molecule has 0 aromatic carbocycles. The molecule has 0 rings (SSSR count). The van der Waals surface area contributed by atoms with Gasteiger partial charge in [0.2, 0.25) is 0 Å². The van der Waals surface area contributed by atoms with Crippen LogP contribution in [-0.2, 0) is 0 Å². The molecular weight excluding hydrogens is 202 g/mol. The first-order valence-corrected chi connectivity index (χ1v) is 4.67. The minimum absolute atomic E-state index is 0.842. The molecule has 35 valence electrons. The Morgan fingerprint density at radius 1 is 1.33 bits per heavy atom. The molecule has 0 saturated heterocycles. The topological polar surface area (TPSA) is 0 Å². The van der Waals surface area contributed by atoms with E-state index in [0.29, 0.717) is 0 Å². The van der Waals surface area contributed by atoms with Crippen LogP contribution in [0.2, 0.25) is 4.44 Å². The first kappa shape index (κ1) is 7.09. The second-order valence-corrected chi connectivity index (χ2v) is 2.95. The average molecular weight is 210 g/mol. The van der Waals surface area contributed by atoms with Crippen molar-refractivity contribution in [1.29, 1.82) is 0 Å². The van der Waals surface area contributed by atoms with Gasteiger partial charge in [0.15, 0.2) is 0 Å². The Balaban J connectivity index is 2.34. The standard InChI is InChI=1S/C4H8Cl.Sn/c1-2-3-4-5;/h1-4H2;. The molecule has 0 aliphatic rings. The number of unbranched alkanes of at least 4 members (excludes halogenated alkanes) is 1. The molecule has 0 aliphatic heterocycles. The van der Waals surface area contributed by atoms with Crippen LogP contribution in [0.5, 0.6) is 0 Å². The molecule has 0 aromatic heterocycles. The Morgan fingerprint density at radius 3 is 2.17 bits per heavy atom. The summed E-state index contributed by atoms with van der Waals surface area (Å²) in [5.41, 5.74) is 0. The van der Waals surface area contributed by atoms with Crippen molar-refractivity contribution in [3.8, 4) is 0 Å². The van der Waals surface area contributed by atoms with Crippen LogP contribution in [0.15, 0.2) is 0 Å². The van der Waals surface area contributed by atoms with Crippen LogP contribution >= 0.6 is 11.6 Å². The monoisotopic (exact) mass is 211 g/mol. The van der Waals surface area contributed by atoms with Crippen LogP contribution in [0, 0.1) is 0 Å². The van der Waals surface area contributed by atoms with Gasteiger partial charge in [-0.25, -0.2) is 0 Å². The van der Waals surface area contributed by atoms with Gasteiger partial charge in [0, 0.05) is 0 Å². The Morgan fingerprint density at radius 2 is 2.00 bits per heavy atom. The Labute approximate surface area is 57.3 Å². The zero-order valence-electron chi connectivity index (χ0n) is 3.71. The maximum atomic E-state index is 5.39. The first-order valence-electron chi connectivity index (χ1n) is 2.12. The molecule has 0 atom stereocenters.